The molecule has 132 valence electrons. The number of ether oxygens (including phenoxy) is 1. The Labute approximate surface area is 139 Å². The van der Waals surface area contributed by atoms with Crippen LogP contribution in [0, 0.1) is 10.8 Å². The van der Waals surface area contributed by atoms with Crippen LogP contribution in [0.15, 0.2) is 11.9 Å². The highest BCUT2D eigenvalue weighted by Crippen LogP contribution is 2.23. The van der Waals surface area contributed by atoms with Gasteiger partial charge in [-0.3, -0.25) is 5.01 Å². The lowest BCUT2D eigenvalue weighted by Gasteiger charge is -2.31. The van der Waals surface area contributed by atoms with Gasteiger partial charge in [-0.25, -0.2) is 0 Å². The molecule has 0 fully saturated rings. The maximum absolute atomic E-state index is 11.0. The van der Waals surface area contributed by atoms with Gasteiger partial charge in [-0.05, 0) is 18.8 Å². The summed E-state index contributed by atoms with van der Waals surface area (Å²) in [6.45, 7) is 11.9. The van der Waals surface area contributed by atoms with Crippen LogP contribution in [0.4, 0.5) is 0 Å². The zero-order chi connectivity index (χ0) is 17.5. The molecule has 0 spiro atoms. The molecule has 0 atom stereocenters. The Morgan fingerprint density at radius 2 is 1.91 bits per heavy atom. The summed E-state index contributed by atoms with van der Waals surface area (Å²) < 4.78 is 5.83. The monoisotopic (exact) mass is 325 g/mol. The van der Waals surface area contributed by atoms with E-state index in [2.05, 4.69) is 24.8 Å². The lowest BCUT2D eigenvalue weighted by atomic mass is 9.90. The standard InChI is InChI=1S/C17H31N3O3/c1-14(22)6-7-15-10-20(19-18-15)11-17(4,5)13-23-12-16(2,3)8-9-21/h9-10,18-19H,6-8,11-13H2,1-5H3. The molecule has 0 aromatic rings. The number of hydrazine groups is 2. The minimum atomic E-state index is -0.120. The first-order valence-corrected chi connectivity index (χ1v) is 8.13. The number of nitrogens with one attached hydrogen (secondary N) is 2. The Balaban J connectivity index is 2.37. The molecule has 23 heavy (non-hydrogen) atoms. The largest absolute Gasteiger partial charge is 0.380 e. The molecule has 0 unspecified atom stereocenters. The molecule has 0 saturated carbocycles. The van der Waals surface area contributed by atoms with Crippen molar-refractivity contribution in [2.24, 2.45) is 10.8 Å². The normalized spacial score (nSPS) is 15.3. The van der Waals surface area contributed by atoms with E-state index < -0.39 is 0 Å². The zero-order valence-electron chi connectivity index (χ0n) is 15.1. The fraction of sp³-hybridized carbons (Fsp3) is 0.765. The topological polar surface area (TPSA) is 70.7 Å². The van der Waals surface area contributed by atoms with E-state index in [1.165, 1.54) is 0 Å². The van der Waals surface area contributed by atoms with Crippen LogP contribution >= 0.6 is 0 Å². The van der Waals surface area contributed by atoms with Crippen molar-refractivity contribution in [2.45, 2.75) is 53.9 Å². The van der Waals surface area contributed by atoms with Gasteiger partial charge in [0, 0.05) is 36.7 Å². The first-order chi connectivity index (χ1) is 10.6. The average molecular weight is 325 g/mol. The highest BCUT2D eigenvalue weighted by atomic mass is 16.5. The molecule has 1 heterocycles. The number of hydrogen-bond donors (Lipinski definition) is 2. The Hall–Kier alpha value is -1.40. The molecule has 0 saturated heterocycles. The van der Waals surface area contributed by atoms with Crippen LogP contribution in [-0.4, -0.2) is 36.8 Å². The molecule has 0 amide bonds. The summed E-state index contributed by atoms with van der Waals surface area (Å²) >= 11 is 0. The summed E-state index contributed by atoms with van der Waals surface area (Å²) in [5.41, 5.74) is 7.03. The second-order valence-corrected chi connectivity index (χ2v) is 7.91. The maximum atomic E-state index is 11.0. The molecule has 2 N–H and O–H groups in total. The van der Waals surface area contributed by atoms with Crippen molar-refractivity contribution < 1.29 is 14.3 Å². The number of aldehydes is 1. The van der Waals surface area contributed by atoms with Crippen molar-refractivity contribution >= 4 is 12.1 Å². The number of allylic oxidation sites excluding steroid dienone is 1. The van der Waals surface area contributed by atoms with E-state index in [4.69, 9.17) is 4.74 Å². The fourth-order valence-corrected chi connectivity index (χ4v) is 2.31. The first-order valence-electron chi connectivity index (χ1n) is 8.13. The molecule has 6 nitrogen and oxygen atoms in total. The van der Waals surface area contributed by atoms with Gasteiger partial charge in [0.15, 0.2) is 0 Å². The van der Waals surface area contributed by atoms with Crippen molar-refractivity contribution in [3.63, 3.8) is 0 Å². The number of rotatable bonds is 11. The Kier molecular flexibility index (Phi) is 7.22. The highest BCUT2D eigenvalue weighted by molar-refractivity contribution is 5.75. The Bertz CT molecular complexity index is 444. The van der Waals surface area contributed by atoms with Gasteiger partial charge in [0.05, 0.1) is 13.2 Å². The van der Waals surface area contributed by atoms with Crippen LogP contribution in [0.3, 0.4) is 0 Å². The van der Waals surface area contributed by atoms with Crippen molar-refractivity contribution in [2.75, 3.05) is 19.8 Å². The Morgan fingerprint density at radius 3 is 2.52 bits per heavy atom. The Morgan fingerprint density at radius 1 is 1.26 bits per heavy atom. The quantitative estimate of drug-likeness (QED) is 0.567. The van der Waals surface area contributed by atoms with Gasteiger partial charge in [-0.15, -0.1) is 5.53 Å². The maximum Gasteiger partial charge on any atom is 0.130 e. The third-order valence-electron chi connectivity index (χ3n) is 3.64. The number of carbonyl (C=O) groups is 2. The van der Waals surface area contributed by atoms with Crippen LogP contribution in [0.2, 0.25) is 0 Å². The predicted octanol–water partition coefficient (Wildman–Crippen LogP) is 2.18. The molecular formula is C17H31N3O3. The number of carbonyl (C=O) groups excluding carboxylic acids is 2. The van der Waals surface area contributed by atoms with E-state index in [9.17, 15) is 9.59 Å². The van der Waals surface area contributed by atoms with E-state index >= 15 is 0 Å². The third-order valence-corrected chi connectivity index (χ3v) is 3.64. The molecule has 1 rings (SSSR count). The lowest BCUT2D eigenvalue weighted by molar-refractivity contribution is -0.117. The van der Waals surface area contributed by atoms with Crippen molar-refractivity contribution in [1.82, 2.24) is 16.0 Å². The van der Waals surface area contributed by atoms with Gasteiger partial charge in [-0.2, -0.15) is 0 Å². The van der Waals surface area contributed by atoms with Crippen LogP contribution in [0.5, 0.6) is 0 Å². The minimum absolute atomic E-state index is 0.0432. The van der Waals surface area contributed by atoms with Crippen LogP contribution in [-0.2, 0) is 14.3 Å². The summed E-state index contributed by atoms with van der Waals surface area (Å²) in [5.74, 6) is 0.192. The summed E-state index contributed by atoms with van der Waals surface area (Å²) in [7, 11) is 0. The van der Waals surface area contributed by atoms with Gasteiger partial charge in [0.25, 0.3) is 0 Å². The molecule has 6 heteroatoms. The summed E-state index contributed by atoms with van der Waals surface area (Å²) in [4.78, 5) is 21.7. The van der Waals surface area contributed by atoms with Crippen LogP contribution in [0.1, 0.15) is 53.9 Å². The van der Waals surface area contributed by atoms with E-state index in [1.54, 1.807) is 6.92 Å². The molecule has 0 bridgehead atoms. The number of nitrogens with zero attached hydrogens (tertiary/aromatic N) is 1. The molecule has 0 radical (unpaired) electrons. The minimum Gasteiger partial charge on any atom is -0.380 e. The van der Waals surface area contributed by atoms with Crippen molar-refractivity contribution in [1.29, 1.82) is 0 Å². The highest BCUT2D eigenvalue weighted by Gasteiger charge is 2.25. The molecule has 0 aromatic heterocycles. The fourth-order valence-electron chi connectivity index (χ4n) is 2.31. The van der Waals surface area contributed by atoms with Gasteiger partial charge in [0.1, 0.15) is 12.1 Å². The lowest BCUT2D eigenvalue weighted by Crippen LogP contribution is -2.43. The van der Waals surface area contributed by atoms with Crippen molar-refractivity contribution in [3.05, 3.63) is 11.9 Å². The second kappa shape index (κ2) is 8.45. The van der Waals surface area contributed by atoms with Gasteiger partial charge >= 0.3 is 0 Å². The average Bonchev–Trinajstić information content (AvgIpc) is 2.82. The molecular weight excluding hydrogens is 294 g/mol. The van der Waals surface area contributed by atoms with E-state index in [1.807, 2.05) is 25.1 Å². The third kappa shape index (κ3) is 8.13. The second-order valence-electron chi connectivity index (χ2n) is 7.91. The van der Waals surface area contributed by atoms with Crippen LogP contribution in [0.25, 0.3) is 0 Å². The summed E-state index contributed by atoms with van der Waals surface area (Å²) in [6, 6.07) is 0. The van der Waals surface area contributed by atoms with Gasteiger partial charge in [-0.1, -0.05) is 27.7 Å². The number of Topliss-reactive ketones (excluding diaryl/α,β-unsaturated/α-hetero) is 1. The predicted molar refractivity (Wildman–Crippen MR) is 90.0 cm³/mol. The smallest absolute Gasteiger partial charge is 0.130 e. The zero-order valence-corrected chi connectivity index (χ0v) is 15.1. The molecule has 0 aliphatic carbocycles. The number of hydrogen-bond acceptors (Lipinski definition) is 6. The van der Waals surface area contributed by atoms with Crippen LogP contribution < -0.4 is 11.0 Å². The van der Waals surface area contributed by atoms with E-state index in [0.717, 1.165) is 24.9 Å². The summed E-state index contributed by atoms with van der Waals surface area (Å²) in [6.07, 6.45) is 4.72. The van der Waals surface area contributed by atoms with Gasteiger partial charge < -0.3 is 19.8 Å². The molecule has 1 aliphatic rings. The SMILES string of the molecule is CC(=O)CCC1=CN(CC(C)(C)COCC(C)(C)CC=O)NN1. The number of ketones is 1. The first kappa shape index (κ1) is 19.6. The summed E-state index contributed by atoms with van der Waals surface area (Å²) in [5, 5.41) is 1.98. The van der Waals surface area contributed by atoms with E-state index in [0.29, 0.717) is 26.1 Å². The van der Waals surface area contributed by atoms with Crippen molar-refractivity contribution in [3.8, 4) is 0 Å². The molecule has 0 aromatic carbocycles. The van der Waals surface area contributed by atoms with Gasteiger partial charge in [0.2, 0.25) is 0 Å². The molecule has 1 aliphatic heterocycles. The van der Waals surface area contributed by atoms with E-state index in [-0.39, 0.29) is 16.6 Å².